The monoisotopic (exact) mass is 500 g/mol. The maximum Gasteiger partial charge on any atom is 0.411 e. The van der Waals surface area contributed by atoms with Crippen molar-refractivity contribution >= 4 is 99.1 Å². The van der Waals surface area contributed by atoms with E-state index in [-0.39, 0.29) is 16.9 Å². The zero-order valence-electron chi connectivity index (χ0n) is 12.9. The predicted molar refractivity (Wildman–Crippen MR) is 104 cm³/mol. The van der Waals surface area contributed by atoms with Crippen LogP contribution in [-0.2, 0) is 9.47 Å². The fourth-order valence-electron chi connectivity index (χ4n) is 1.50. The summed E-state index contributed by atoms with van der Waals surface area (Å²) in [6, 6.07) is 3.44. The summed E-state index contributed by atoms with van der Waals surface area (Å²) < 4.78 is 5.68. The third-order valence-corrected chi connectivity index (χ3v) is 3.06. The third-order valence-electron chi connectivity index (χ3n) is 2.41. The van der Waals surface area contributed by atoms with Gasteiger partial charge in [0.2, 0.25) is 7.59 Å². The Labute approximate surface area is 182 Å². The standard InChI is InChI=1S/C13H10Cl6N2O6/c14-12(15,16)4-26-10(24)20-7-1-6(9(22)23)2-8(3-7)21-11(25)27-5-13(17,18)19/h1-3H,4-5H2,(H,20,24)(H,21,25)(H,22,23). The van der Waals surface area contributed by atoms with Crippen LogP contribution in [0.1, 0.15) is 10.4 Å². The van der Waals surface area contributed by atoms with Gasteiger partial charge in [-0.25, -0.2) is 14.4 Å². The fraction of sp³-hybridized carbons (Fsp3) is 0.308. The van der Waals surface area contributed by atoms with Crippen LogP contribution in [0.15, 0.2) is 18.2 Å². The van der Waals surface area contributed by atoms with Crippen molar-refractivity contribution in [1.82, 2.24) is 0 Å². The maximum atomic E-state index is 11.7. The molecule has 1 aromatic carbocycles. The van der Waals surface area contributed by atoms with Gasteiger partial charge in [0.05, 0.1) is 5.56 Å². The average Bonchev–Trinajstić information content (AvgIpc) is 2.49. The second-order valence-corrected chi connectivity index (χ2v) is 9.77. The van der Waals surface area contributed by atoms with Crippen molar-refractivity contribution in [2.45, 2.75) is 7.59 Å². The van der Waals surface area contributed by atoms with E-state index in [4.69, 9.17) is 74.7 Å². The van der Waals surface area contributed by atoms with Crippen LogP contribution < -0.4 is 10.6 Å². The van der Waals surface area contributed by atoms with E-state index < -0.39 is 39.0 Å². The summed E-state index contributed by atoms with van der Waals surface area (Å²) in [6.07, 6.45) is -2.04. The molecule has 0 unspecified atom stereocenters. The van der Waals surface area contributed by atoms with Crippen LogP contribution in [0, 0.1) is 0 Å². The van der Waals surface area contributed by atoms with Crippen molar-refractivity contribution < 1.29 is 29.0 Å². The van der Waals surface area contributed by atoms with Gasteiger partial charge in [-0.1, -0.05) is 69.6 Å². The second kappa shape index (κ2) is 9.95. The van der Waals surface area contributed by atoms with Crippen LogP contribution in [0.5, 0.6) is 0 Å². The van der Waals surface area contributed by atoms with Crippen LogP contribution in [0.25, 0.3) is 0 Å². The number of carbonyl (C=O) groups excluding carboxylic acids is 2. The molecule has 0 radical (unpaired) electrons. The second-order valence-electron chi connectivity index (χ2n) is 4.74. The molecule has 2 amide bonds. The van der Waals surface area contributed by atoms with E-state index in [2.05, 4.69) is 20.1 Å². The minimum Gasteiger partial charge on any atom is -0.478 e. The van der Waals surface area contributed by atoms with Gasteiger partial charge in [0.25, 0.3) is 0 Å². The van der Waals surface area contributed by atoms with Crippen molar-refractivity contribution in [2.75, 3.05) is 23.8 Å². The van der Waals surface area contributed by atoms with Crippen LogP contribution in [0.2, 0.25) is 0 Å². The zero-order chi connectivity index (χ0) is 20.8. The first kappa shape index (κ1) is 24.0. The number of benzene rings is 1. The lowest BCUT2D eigenvalue weighted by Crippen LogP contribution is -2.22. The van der Waals surface area contributed by atoms with Crippen LogP contribution in [0.3, 0.4) is 0 Å². The number of nitrogens with one attached hydrogen (secondary N) is 2. The third kappa shape index (κ3) is 10.8. The van der Waals surface area contributed by atoms with Gasteiger partial charge in [-0.3, -0.25) is 10.6 Å². The largest absolute Gasteiger partial charge is 0.478 e. The topological polar surface area (TPSA) is 114 Å². The van der Waals surface area contributed by atoms with Crippen LogP contribution >= 0.6 is 69.6 Å². The number of aromatic carboxylic acids is 1. The summed E-state index contributed by atoms with van der Waals surface area (Å²) in [5.41, 5.74) is -0.312. The Bertz CT molecular complexity index is 668. The number of anilines is 2. The molecule has 14 heteroatoms. The number of rotatable bonds is 5. The number of carboxylic acids is 1. The Morgan fingerprint density at radius 3 is 1.48 bits per heavy atom. The molecule has 150 valence electrons. The SMILES string of the molecule is O=C(Nc1cc(NC(=O)OCC(Cl)(Cl)Cl)cc(C(=O)O)c1)OCC(Cl)(Cl)Cl. The number of amides is 2. The molecule has 3 N–H and O–H groups in total. The molecular formula is C13H10Cl6N2O6. The molecule has 0 fully saturated rings. The molecule has 0 bridgehead atoms. The average molecular weight is 503 g/mol. The van der Waals surface area contributed by atoms with Crippen molar-refractivity contribution in [3.05, 3.63) is 23.8 Å². The molecule has 0 aliphatic carbocycles. The number of hydrogen-bond donors (Lipinski definition) is 3. The Balaban J connectivity index is 2.86. The lowest BCUT2D eigenvalue weighted by Gasteiger charge is -2.14. The predicted octanol–water partition coefficient (Wildman–Crippen LogP) is 5.22. The van der Waals surface area contributed by atoms with Gasteiger partial charge in [-0.2, -0.15) is 0 Å². The van der Waals surface area contributed by atoms with Gasteiger partial charge in [0.15, 0.2) is 0 Å². The Hall–Kier alpha value is -1.03. The first-order chi connectivity index (χ1) is 12.2. The first-order valence-electron chi connectivity index (χ1n) is 6.64. The van der Waals surface area contributed by atoms with Gasteiger partial charge < -0.3 is 14.6 Å². The molecule has 0 saturated heterocycles. The van der Waals surface area contributed by atoms with E-state index >= 15 is 0 Å². The minimum absolute atomic E-state index is 0.0269. The summed E-state index contributed by atoms with van der Waals surface area (Å²) in [7, 11) is 0. The quantitative estimate of drug-likeness (QED) is 0.475. The lowest BCUT2D eigenvalue weighted by molar-refractivity contribution is 0.0696. The van der Waals surface area contributed by atoms with E-state index in [1.807, 2.05) is 0 Å². The van der Waals surface area contributed by atoms with Crippen LogP contribution in [-0.4, -0.2) is 44.1 Å². The van der Waals surface area contributed by atoms with Crippen molar-refractivity contribution in [3.8, 4) is 0 Å². The zero-order valence-corrected chi connectivity index (χ0v) is 17.4. The Morgan fingerprint density at radius 2 is 1.19 bits per heavy atom. The minimum atomic E-state index is -1.82. The van der Waals surface area contributed by atoms with Crippen molar-refractivity contribution in [2.24, 2.45) is 0 Å². The lowest BCUT2D eigenvalue weighted by atomic mass is 10.1. The molecule has 1 aromatic rings. The number of hydrogen-bond acceptors (Lipinski definition) is 5. The molecular weight excluding hydrogens is 493 g/mol. The highest BCUT2D eigenvalue weighted by Gasteiger charge is 2.23. The molecule has 0 spiro atoms. The molecule has 0 aromatic heterocycles. The number of alkyl halides is 6. The summed E-state index contributed by atoms with van der Waals surface area (Å²) >= 11 is 32.7. The van der Waals surface area contributed by atoms with Gasteiger partial charge in [0.1, 0.15) is 13.2 Å². The smallest absolute Gasteiger partial charge is 0.411 e. The number of carbonyl (C=O) groups is 3. The molecule has 8 nitrogen and oxygen atoms in total. The highest BCUT2D eigenvalue weighted by atomic mass is 35.6. The van der Waals surface area contributed by atoms with E-state index in [0.717, 1.165) is 12.1 Å². The van der Waals surface area contributed by atoms with Crippen LogP contribution in [0.4, 0.5) is 21.0 Å². The summed E-state index contributed by atoms with van der Waals surface area (Å²) in [5.74, 6) is -1.33. The first-order valence-corrected chi connectivity index (χ1v) is 8.91. The summed E-state index contributed by atoms with van der Waals surface area (Å²) in [4.78, 5) is 34.5. The highest BCUT2D eigenvalue weighted by Crippen LogP contribution is 2.27. The van der Waals surface area contributed by atoms with E-state index in [1.165, 1.54) is 6.07 Å². The Morgan fingerprint density at radius 1 is 0.815 bits per heavy atom. The van der Waals surface area contributed by atoms with E-state index in [1.54, 1.807) is 0 Å². The molecule has 0 atom stereocenters. The molecule has 0 heterocycles. The molecule has 0 saturated carbocycles. The number of halogens is 6. The Kier molecular flexibility index (Phi) is 8.85. The normalized spacial score (nSPS) is 11.5. The molecule has 1 rings (SSSR count). The summed E-state index contributed by atoms with van der Waals surface area (Å²) in [5, 5.41) is 13.6. The highest BCUT2D eigenvalue weighted by molar-refractivity contribution is 6.68. The number of carboxylic acid groups (broad SMARTS) is 1. The molecule has 27 heavy (non-hydrogen) atoms. The summed E-state index contributed by atoms with van der Waals surface area (Å²) in [6.45, 7) is -1.09. The van der Waals surface area contributed by atoms with Gasteiger partial charge in [-0.15, -0.1) is 0 Å². The van der Waals surface area contributed by atoms with E-state index in [0.29, 0.717) is 0 Å². The molecule has 0 aliphatic rings. The van der Waals surface area contributed by atoms with Gasteiger partial charge >= 0.3 is 18.2 Å². The van der Waals surface area contributed by atoms with Gasteiger partial charge in [0, 0.05) is 11.4 Å². The van der Waals surface area contributed by atoms with E-state index in [9.17, 15) is 14.4 Å². The molecule has 0 aliphatic heterocycles. The van der Waals surface area contributed by atoms with Crippen molar-refractivity contribution in [1.29, 1.82) is 0 Å². The number of ether oxygens (including phenoxy) is 2. The van der Waals surface area contributed by atoms with Crippen molar-refractivity contribution in [3.63, 3.8) is 0 Å². The maximum absolute atomic E-state index is 11.7. The van der Waals surface area contributed by atoms with Gasteiger partial charge in [-0.05, 0) is 18.2 Å². The fourth-order valence-corrected chi connectivity index (χ4v) is 1.83.